The predicted molar refractivity (Wildman–Crippen MR) is 78.5 cm³/mol. The van der Waals surface area contributed by atoms with E-state index in [1.54, 1.807) is 0 Å². The summed E-state index contributed by atoms with van der Waals surface area (Å²) in [6.07, 6.45) is -3.51. The van der Waals surface area contributed by atoms with Crippen LogP contribution >= 0.6 is 0 Å². The Hall–Kier alpha value is -1.28. The van der Waals surface area contributed by atoms with Gasteiger partial charge in [-0.1, -0.05) is 36.4 Å². The van der Waals surface area contributed by atoms with Crippen molar-refractivity contribution in [2.45, 2.75) is 30.8 Å². The van der Waals surface area contributed by atoms with Crippen LogP contribution in [0.25, 0.3) is 0 Å². The average molecular weight is 300 g/mol. The molecule has 0 heterocycles. The van der Waals surface area contributed by atoms with E-state index in [2.05, 4.69) is 18.7 Å². The van der Waals surface area contributed by atoms with E-state index in [1.165, 1.54) is 5.56 Å². The van der Waals surface area contributed by atoms with Crippen LogP contribution < -0.4 is 0 Å². The lowest BCUT2D eigenvalue weighted by atomic mass is 10.0. The van der Waals surface area contributed by atoms with Crippen molar-refractivity contribution in [3.63, 3.8) is 0 Å². The Balaban J connectivity index is 0.000000394. The van der Waals surface area contributed by atoms with Gasteiger partial charge in [-0.05, 0) is 12.0 Å². The molecule has 1 aromatic rings. The fraction of sp³-hybridized carbons (Fsp3) is 0.467. The minimum Gasteiger partial charge on any atom is -0.394 e. The average Bonchev–Trinajstić information content (AvgIpc) is 2.53. The number of aliphatic hydroxyl groups is 6. The van der Waals surface area contributed by atoms with Crippen molar-refractivity contribution >= 4 is 0 Å². The van der Waals surface area contributed by atoms with Crippen molar-refractivity contribution < 1.29 is 30.6 Å². The number of hydrogen-bond acceptors (Lipinski definition) is 6. The first-order chi connectivity index (χ1) is 9.97. The van der Waals surface area contributed by atoms with E-state index in [0.29, 0.717) is 0 Å². The smallest absolute Gasteiger partial charge is 0.111 e. The van der Waals surface area contributed by atoms with Gasteiger partial charge in [-0.15, -0.1) is 6.58 Å². The zero-order chi connectivity index (χ0) is 16.3. The van der Waals surface area contributed by atoms with Gasteiger partial charge in [-0.3, -0.25) is 0 Å². The normalized spacial score (nSPS) is 16.1. The van der Waals surface area contributed by atoms with Crippen LogP contribution in [0.2, 0.25) is 0 Å². The van der Waals surface area contributed by atoms with Crippen LogP contribution in [0.5, 0.6) is 0 Å². The molecule has 1 rings (SSSR count). The van der Waals surface area contributed by atoms with Crippen LogP contribution in [-0.4, -0.2) is 68.3 Å². The van der Waals surface area contributed by atoms with Gasteiger partial charge in [0, 0.05) is 0 Å². The summed E-state index contributed by atoms with van der Waals surface area (Å²) in [5, 5.41) is 52.2. The van der Waals surface area contributed by atoms with Crippen LogP contribution in [0.15, 0.2) is 43.0 Å². The van der Waals surface area contributed by atoms with Crippen LogP contribution in [-0.2, 0) is 6.42 Å². The molecule has 4 atom stereocenters. The summed E-state index contributed by atoms with van der Waals surface area (Å²) in [6.45, 7) is 2.20. The van der Waals surface area contributed by atoms with Gasteiger partial charge >= 0.3 is 0 Å². The topological polar surface area (TPSA) is 121 Å². The van der Waals surface area contributed by atoms with Crippen molar-refractivity contribution in [3.8, 4) is 0 Å². The molecule has 0 radical (unpaired) electrons. The number of allylic oxidation sites excluding steroid dienone is 1. The Bertz CT molecular complexity index is 356. The Morgan fingerprint density at radius 1 is 0.857 bits per heavy atom. The quantitative estimate of drug-likeness (QED) is 0.353. The van der Waals surface area contributed by atoms with Crippen LogP contribution in [0, 0.1) is 0 Å². The standard InChI is InChI=1S/C9H10.C6H14O6/c1-2-6-9-7-4-3-5-8-9;7-1-3(9)5(11)6(12)4(10)2-8/h2-5,7-8H,1,6H2;3-12H,1-2H2. The lowest BCUT2D eigenvalue weighted by Gasteiger charge is -2.24. The molecule has 0 saturated carbocycles. The van der Waals surface area contributed by atoms with Gasteiger partial charge in [0.15, 0.2) is 0 Å². The van der Waals surface area contributed by atoms with Gasteiger partial charge in [-0.2, -0.15) is 0 Å². The molecule has 6 nitrogen and oxygen atoms in total. The van der Waals surface area contributed by atoms with Crippen molar-refractivity contribution in [1.29, 1.82) is 0 Å². The molecule has 6 heteroatoms. The molecule has 0 aliphatic heterocycles. The molecular weight excluding hydrogens is 276 g/mol. The first-order valence-electron chi connectivity index (χ1n) is 6.56. The molecule has 0 aliphatic carbocycles. The first kappa shape index (κ1) is 19.7. The minimum atomic E-state index is -1.67. The van der Waals surface area contributed by atoms with Gasteiger partial charge in [0.1, 0.15) is 24.4 Å². The summed E-state index contributed by atoms with van der Waals surface area (Å²) >= 11 is 0. The Kier molecular flexibility index (Phi) is 10.7. The van der Waals surface area contributed by atoms with E-state index in [-0.39, 0.29) is 0 Å². The Morgan fingerprint density at radius 3 is 1.62 bits per heavy atom. The maximum atomic E-state index is 8.96. The number of benzene rings is 1. The fourth-order valence-electron chi connectivity index (χ4n) is 1.45. The highest BCUT2D eigenvalue weighted by molar-refractivity contribution is 5.16. The number of rotatable bonds is 7. The maximum absolute atomic E-state index is 8.96. The summed E-state index contributed by atoms with van der Waals surface area (Å²) in [6, 6.07) is 10.3. The van der Waals surface area contributed by atoms with Gasteiger partial charge in [0.25, 0.3) is 0 Å². The molecule has 21 heavy (non-hydrogen) atoms. The van der Waals surface area contributed by atoms with Gasteiger partial charge in [-0.25, -0.2) is 0 Å². The molecule has 6 N–H and O–H groups in total. The van der Waals surface area contributed by atoms with Gasteiger partial charge in [0.2, 0.25) is 0 Å². The van der Waals surface area contributed by atoms with E-state index in [9.17, 15) is 0 Å². The predicted octanol–water partition coefficient (Wildman–Crippen LogP) is -1.17. The van der Waals surface area contributed by atoms with Crippen LogP contribution in [0.4, 0.5) is 0 Å². The van der Waals surface area contributed by atoms with Gasteiger partial charge < -0.3 is 30.6 Å². The SMILES string of the molecule is C=CCc1ccccc1.OCC(O)C(O)C(O)C(O)CO. The zero-order valence-electron chi connectivity index (χ0n) is 11.8. The minimum absolute atomic E-state index is 0.726. The number of hydrogen-bond donors (Lipinski definition) is 6. The van der Waals surface area contributed by atoms with E-state index in [4.69, 9.17) is 30.6 Å². The zero-order valence-corrected chi connectivity index (χ0v) is 11.8. The Labute approximate surface area is 124 Å². The summed E-state index contributed by atoms with van der Waals surface area (Å²) < 4.78 is 0. The number of aliphatic hydroxyl groups excluding tert-OH is 6. The third kappa shape index (κ3) is 7.91. The molecule has 1 aromatic carbocycles. The second-order valence-electron chi connectivity index (χ2n) is 4.46. The molecule has 0 amide bonds. The van der Waals surface area contributed by atoms with E-state index in [1.807, 2.05) is 24.3 Å². The van der Waals surface area contributed by atoms with Crippen molar-refractivity contribution in [2.24, 2.45) is 0 Å². The maximum Gasteiger partial charge on any atom is 0.111 e. The molecule has 0 saturated heterocycles. The second-order valence-corrected chi connectivity index (χ2v) is 4.46. The molecule has 0 spiro atoms. The van der Waals surface area contributed by atoms with Crippen molar-refractivity contribution in [2.75, 3.05) is 13.2 Å². The largest absolute Gasteiger partial charge is 0.394 e. The molecule has 0 bridgehead atoms. The third-order valence-electron chi connectivity index (χ3n) is 2.74. The highest BCUT2D eigenvalue weighted by Gasteiger charge is 2.29. The van der Waals surface area contributed by atoms with E-state index >= 15 is 0 Å². The fourth-order valence-corrected chi connectivity index (χ4v) is 1.45. The monoisotopic (exact) mass is 300 g/mol. The summed E-state index contributed by atoms with van der Waals surface area (Å²) in [5.74, 6) is 0. The van der Waals surface area contributed by atoms with Crippen LogP contribution in [0.3, 0.4) is 0 Å². The summed E-state index contributed by atoms with van der Waals surface area (Å²) in [5.41, 5.74) is 1.33. The van der Waals surface area contributed by atoms with E-state index in [0.717, 1.165) is 6.42 Å². The van der Waals surface area contributed by atoms with E-state index < -0.39 is 37.6 Å². The Morgan fingerprint density at radius 2 is 1.29 bits per heavy atom. The second kappa shape index (κ2) is 11.4. The summed E-state index contributed by atoms with van der Waals surface area (Å²) in [4.78, 5) is 0. The highest BCUT2D eigenvalue weighted by Crippen LogP contribution is 2.04. The molecule has 0 aromatic heterocycles. The molecule has 0 aliphatic rings. The lowest BCUT2D eigenvalue weighted by Crippen LogP contribution is -2.46. The third-order valence-corrected chi connectivity index (χ3v) is 2.74. The first-order valence-corrected chi connectivity index (χ1v) is 6.56. The van der Waals surface area contributed by atoms with Crippen LogP contribution in [0.1, 0.15) is 5.56 Å². The summed E-state index contributed by atoms with van der Waals surface area (Å²) in [7, 11) is 0. The molecule has 120 valence electrons. The molecule has 4 unspecified atom stereocenters. The van der Waals surface area contributed by atoms with Crippen molar-refractivity contribution in [1.82, 2.24) is 0 Å². The molecular formula is C15H24O6. The van der Waals surface area contributed by atoms with Gasteiger partial charge in [0.05, 0.1) is 13.2 Å². The molecule has 0 fully saturated rings. The highest BCUT2D eigenvalue weighted by atomic mass is 16.4. The lowest BCUT2D eigenvalue weighted by molar-refractivity contribution is -0.123. The van der Waals surface area contributed by atoms with Crippen molar-refractivity contribution in [3.05, 3.63) is 48.6 Å².